The molecule has 0 spiro atoms. The highest BCUT2D eigenvalue weighted by molar-refractivity contribution is 5.11. The van der Waals surface area contributed by atoms with Gasteiger partial charge in [0, 0.05) is 6.04 Å². The van der Waals surface area contributed by atoms with Crippen molar-refractivity contribution in [3.63, 3.8) is 0 Å². The van der Waals surface area contributed by atoms with Crippen LogP contribution in [0.1, 0.15) is 6.92 Å². The van der Waals surface area contributed by atoms with Gasteiger partial charge in [0.2, 0.25) is 0 Å². The molecule has 1 atom stereocenters. The maximum atomic E-state index is 7.13. The van der Waals surface area contributed by atoms with E-state index in [-0.39, 0.29) is 6.04 Å². The predicted molar refractivity (Wildman–Crippen MR) is 46.5 cm³/mol. The Morgan fingerprint density at radius 3 is 1.82 bits per heavy atom. The lowest BCUT2D eigenvalue weighted by Gasteiger charge is -2.33. The molecule has 0 amide bonds. The summed E-state index contributed by atoms with van der Waals surface area (Å²) < 4.78 is 0. The molecular formula is C8H16N3. The lowest BCUT2D eigenvalue weighted by molar-refractivity contribution is 0.303. The quantitative estimate of drug-likeness (QED) is 0.371. The number of likely N-dealkylation sites (N-methyl/N-ethyl adjacent to an activating group) is 3. The zero-order valence-corrected chi connectivity index (χ0v) is 7.58. The Morgan fingerprint density at radius 1 is 1.27 bits per heavy atom. The minimum absolute atomic E-state index is 0.120. The second-order valence-corrected chi connectivity index (χ2v) is 2.44. The van der Waals surface area contributed by atoms with Crippen LogP contribution in [0.15, 0.2) is 0 Å². The van der Waals surface area contributed by atoms with E-state index in [0.29, 0.717) is 0 Å². The van der Waals surface area contributed by atoms with Gasteiger partial charge in [-0.1, -0.05) is 0 Å². The van der Waals surface area contributed by atoms with E-state index in [9.17, 15) is 0 Å². The molecule has 0 aromatic carbocycles. The fraction of sp³-hybridized carbons (Fsp3) is 0.750. The molecule has 0 aliphatic heterocycles. The summed E-state index contributed by atoms with van der Waals surface area (Å²) in [5.74, 6) is 2.43. The standard InChI is InChI=1S/C8H16N3/c1-6-8(10-4,11-5)7(2)9-3/h7,9-11H,2-5H3. The average molecular weight is 154 g/mol. The van der Waals surface area contributed by atoms with Crippen molar-refractivity contribution in [3.8, 4) is 5.92 Å². The summed E-state index contributed by atoms with van der Waals surface area (Å²) in [5, 5.41) is 9.04. The van der Waals surface area contributed by atoms with Crippen LogP contribution in [0.4, 0.5) is 0 Å². The predicted octanol–water partition coefficient (Wildman–Crippen LogP) is -0.681. The zero-order valence-electron chi connectivity index (χ0n) is 7.58. The first-order chi connectivity index (χ1) is 5.16. The van der Waals surface area contributed by atoms with Crippen LogP contribution in [0.3, 0.4) is 0 Å². The van der Waals surface area contributed by atoms with Crippen LogP contribution in [0.25, 0.3) is 0 Å². The van der Waals surface area contributed by atoms with E-state index in [1.807, 2.05) is 14.0 Å². The van der Waals surface area contributed by atoms with Crippen molar-refractivity contribution < 1.29 is 0 Å². The molecule has 0 saturated carbocycles. The molecule has 3 N–H and O–H groups in total. The normalized spacial score (nSPS) is 14.1. The Morgan fingerprint density at radius 2 is 1.73 bits per heavy atom. The van der Waals surface area contributed by atoms with E-state index in [2.05, 4.69) is 21.9 Å². The molecular weight excluding hydrogens is 138 g/mol. The highest BCUT2D eigenvalue weighted by Crippen LogP contribution is 2.02. The second-order valence-electron chi connectivity index (χ2n) is 2.44. The van der Waals surface area contributed by atoms with E-state index in [0.717, 1.165) is 0 Å². The van der Waals surface area contributed by atoms with Gasteiger partial charge < -0.3 is 5.32 Å². The first-order valence-electron chi connectivity index (χ1n) is 3.65. The molecule has 3 nitrogen and oxygen atoms in total. The van der Waals surface area contributed by atoms with Crippen molar-refractivity contribution >= 4 is 0 Å². The van der Waals surface area contributed by atoms with Gasteiger partial charge in [0.25, 0.3) is 0 Å². The third-order valence-electron chi connectivity index (χ3n) is 2.07. The van der Waals surface area contributed by atoms with Gasteiger partial charge in [0.15, 0.2) is 0 Å². The number of hydrogen-bond donors (Lipinski definition) is 3. The molecule has 0 aromatic rings. The van der Waals surface area contributed by atoms with E-state index in [4.69, 9.17) is 6.42 Å². The first kappa shape index (κ1) is 10.4. The average Bonchev–Trinajstić information content (AvgIpc) is 2.08. The van der Waals surface area contributed by atoms with Crippen LogP contribution in [-0.2, 0) is 0 Å². The van der Waals surface area contributed by atoms with Crippen LogP contribution in [0.5, 0.6) is 0 Å². The number of hydrogen-bond acceptors (Lipinski definition) is 3. The summed E-state index contributed by atoms with van der Waals surface area (Å²) >= 11 is 0. The van der Waals surface area contributed by atoms with E-state index >= 15 is 0 Å². The Balaban J connectivity index is 4.43. The van der Waals surface area contributed by atoms with Crippen molar-refractivity contribution in [1.82, 2.24) is 16.0 Å². The van der Waals surface area contributed by atoms with Gasteiger partial charge in [-0.15, -0.1) is 0 Å². The first-order valence-corrected chi connectivity index (χ1v) is 3.65. The topological polar surface area (TPSA) is 36.1 Å². The molecule has 0 fully saturated rings. The molecule has 0 bridgehead atoms. The lowest BCUT2D eigenvalue weighted by atomic mass is 10.0. The largest absolute Gasteiger partial charge is 0.313 e. The third kappa shape index (κ3) is 1.93. The molecule has 11 heavy (non-hydrogen) atoms. The fourth-order valence-corrected chi connectivity index (χ4v) is 1.01. The van der Waals surface area contributed by atoms with Gasteiger partial charge in [-0.05, 0) is 40.4 Å². The SMILES string of the molecule is [C]#CC(NC)(NC)C(C)NC. The molecule has 0 rings (SSSR count). The van der Waals surface area contributed by atoms with Crippen LogP contribution in [0.2, 0.25) is 0 Å². The summed E-state index contributed by atoms with van der Waals surface area (Å²) in [6, 6.07) is 0.120. The van der Waals surface area contributed by atoms with Crippen LogP contribution < -0.4 is 16.0 Å². The summed E-state index contributed by atoms with van der Waals surface area (Å²) in [7, 11) is 5.45. The van der Waals surface area contributed by atoms with Gasteiger partial charge in [-0.2, -0.15) is 0 Å². The maximum Gasteiger partial charge on any atom is 0.148 e. The minimum Gasteiger partial charge on any atom is -0.313 e. The van der Waals surface area contributed by atoms with Crippen LogP contribution in [-0.4, -0.2) is 32.8 Å². The summed E-state index contributed by atoms with van der Waals surface area (Å²) in [4.78, 5) is 0. The van der Waals surface area contributed by atoms with Gasteiger partial charge in [0.05, 0.1) is 0 Å². The smallest absolute Gasteiger partial charge is 0.148 e. The lowest BCUT2D eigenvalue weighted by Crippen LogP contribution is -2.63. The van der Waals surface area contributed by atoms with E-state index < -0.39 is 5.66 Å². The van der Waals surface area contributed by atoms with Gasteiger partial charge in [-0.3, -0.25) is 10.6 Å². The Labute approximate surface area is 68.9 Å². The van der Waals surface area contributed by atoms with Crippen LogP contribution in [0, 0.1) is 12.3 Å². The molecule has 63 valence electrons. The van der Waals surface area contributed by atoms with Crippen molar-refractivity contribution in [3.05, 3.63) is 6.42 Å². The fourth-order valence-electron chi connectivity index (χ4n) is 1.01. The van der Waals surface area contributed by atoms with Crippen molar-refractivity contribution in [1.29, 1.82) is 0 Å². The molecule has 0 aliphatic carbocycles. The Bertz CT molecular complexity index is 144. The molecule has 0 saturated heterocycles. The van der Waals surface area contributed by atoms with Crippen molar-refractivity contribution in [2.24, 2.45) is 0 Å². The van der Waals surface area contributed by atoms with Gasteiger partial charge in [0.1, 0.15) is 5.66 Å². The van der Waals surface area contributed by atoms with Gasteiger partial charge in [-0.25, -0.2) is 0 Å². The monoisotopic (exact) mass is 154 g/mol. The maximum absolute atomic E-state index is 7.13. The number of nitrogens with one attached hydrogen (secondary N) is 3. The molecule has 0 aliphatic rings. The second kappa shape index (κ2) is 4.35. The molecule has 3 heteroatoms. The van der Waals surface area contributed by atoms with Crippen molar-refractivity contribution in [2.75, 3.05) is 21.1 Å². The third-order valence-corrected chi connectivity index (χ3v) is 2.07. The highest BCUT2D eigenvalue weighted by Gasteiger charge is 2.29. The van der Waals surface area contributed by atoms with E-state index in [1.54, 1.807) is 14.1 Å². The minimum atomic E-state index is -0.561. The highest BCUT2D eigenvalue weighted by atomic mass is 15.2. The Hall–Kier alpha value is -0.560. The molecule has 1 radical (unpaired) electrons. The molecule has 0 aromatic heterocycles. The summed E-state index contributed by atoms with van der Waals surface area (Å²) in [5.41, 5.74) is -0.561. The van der Waals surface area contributed by atoms with Gasteiger partial charge >= 0.3 is 0 Å². The van der Waals surface area contributed by atoms with Crippen LogP contribution >= 0.6 is 0 Å². The summed E-state index contributed by atoms with van der Waals surface area (Å²) in [6.07, 6.45) is 7.13. The Kier molecular flexibility index (Phi) is 4.12. The van der Waals surface area contributed by atoms with E-state index in [1.165, 1.54) is 0 Å². The zero-order chi connectivity index (χ0) is 8.91. The van der Waals surface area contributed by atoms with Crippen molar-refractivity contribution in [2.45, 2.75) is 18.6 Å². The number of rotatable bonds is 4. The molecule has 1 unspecified atom stereocenters. The molecule has 0 heterocycles. The summed E-state index contributed by atoms with van der Waals surface area (Å²) in [6.45, 7) is 1.98.